The number of hydrogen-bond donors (Lipinski definition) is 3. The van der Waals surface area contributed by atoms with Crippen molar-refractivity contribution < 1.29 is 19.7 Å². The molecular formula is C15H23NO4. The van der Waals surface area contributed by atoms with Gasteiger partial charge in [0.15, 0.2) is 0 Å². The molecule has 112 valence electrons. The quantitative estimate of drug-likeness (QED) is 0.732. The highest BCUT2D eigenvalue weighted by Gasteiger charge is 2.38. The van der Waals surface area contributed by atoms with Gasteiger partial charge in [0.05, 0.1) is 31.3 Å². The molecule has 0 atom stereocenters. The van der Waals surface area contributed by atoms with Crippen LogP contribution < -0.4 is 5.32 Å². The zero-order valence-corrected chi connectivity index (χ0v) is 12.3. The first kappa shape index (κ1) is 16.5. The monoisotopic (exact) mass is 281 g/mol. The second-order valence-corrected chi connectivity index (χ2v) is 4.91. The van der Waals surface area contributed by atoms with E-state index in [4.69, 9.17) is 0 Å². The smallest absolute Gasteiger partial charge is 0.337 e. The minimum Gasteiger partial charge on any atom is -0.465 e. The van der Waals surface area contributed by atoms with Crippen LogP contribution in [0.3, 0.4) is 0 Å². The predicted octanol–water partition coefficient (Wildman–Crippen LogP) is 1.54. The Morgan fingerprint density at radius 2 is 1.95 bits per heavy atom. The van der Waals surface area contributed by atoms with Gasteiger partial charge in [0.1, 0.15) is 0 Å². The normalized spacial score (nSPS) is 14.7. The predicted molar refractivity (Wildman–Crippen MR) is 78.1 cm³/mol. The van der Waals surface area contributed by atoms with Crippen molar-refractivity contribution in [2.75, 3.05) is 32.2 Å². The summed E-state index contributed by atoms with van der Waals surface area (Å²) in [5, 5.41) is 21.9. The highest BCUT2D eigenvalue weighted by atomic mass is 16.5. The van der Waals surface area contributed by atoms with Gasteiger partial charge in [-0.25, -0.2) is 4.79 Å². The molecule has 1 aliphatic rings. The lowest BCUT2D eigenvalue weighted by atomic mass is 9.84. The molecule has 1 aliphatic heterocycles. The van der Waals surface area contributed by atoms with Crippen LogP contribution in [0.4, 0.5) is 5.69 Å². The molecule has 0 radical (unpaired) electrons. The Labute approximate surface area is 119 Å². The van der Waals surface area contributed by atoms with Crippen molar-refractivity contribution in [3.05, 3.63) is 29.3 Å². The van der Waals surface area contributed by atoms with Crippen LogP contribution in [0.15, 0.2) is 18.2 Å². The molecule has 0 unspecified atom stereocenters. The Morgan fingerprint density at radius 1 is 1.35 bits per heavy atom. The fourth-order valence-electron chi connectivity index (χ4n) is 2.09. The van der Waals surface area contributed by atoms with Gasteiger partial charge in [-0.3, -0.25) is 0 Å². The molecule has 0 aromatic heterocycles. The van der Waals surface area contributed by atoms with E-state index in [9.17, 15) is 15.0 Å². The van der Waals surface area contributed by atoms with Crippen molar-refractivity contribution in [3.63, 3.8) is 0 Å². The number of benzene rings is 1. The Bertz CT molecular complexity index is 455. The van der Waals surface area contributed by atoms with Gasteiger partial charge in [-0.15, -0.1) is 0 Å². The molecule has 5 heteroatoms. The molecule has 1 aromatic carbocycles. The summed E-state index contributed by atoms with van der Waals surface area (Å²) in [6.07, 6.45) is 1.25. The van der Waals surface area contributed by atoms with Crippen molar-refractivity contribution in [1.29, 1.82) is 0 Å². The number of rotatable bonds is 3. The van der Waals surface area contributed by atoms with Gasteiger partial charge >= 0.3 is 5.97 Å². The highest BCUT2D eigenvalue weighted by Crippen LogP contribution is 2.36. The summed E-state index contributed by atoms with van der Waals surface area (Å²) in [6.45, 7) is 4.43. The summed E-state index contributed by atoms with van der Waals surface area (Å²) in [6, 6.07) is 5.06. The molecule has 0 saturated heterocycles. The van der Waals surface area contributed by atoms with E-state index in [-0.39, 0.29) is 13.2 Å². The van der Waals surface area contributed by atoms with Crippen LogP contribution in [-0.2, 0) is 10.2 Å². The Morgan fingerprint density at radius 3 is 2.45 bits per heavy atom. The van der Waals surface area contributed by atoms with Gasteiger partial charge in [0.2, 0.25) is 0 Å². The number of anilines is 1. The maximum atomic E-state index is 11.4. The summed E-state index contributed by atoms with van der Waals surface area (Å²) in [4.78, 5) is 11.4. The number of hydrogen-bond acceptors (Lipinski definition) is 5. The van der Waals surface area contributed by atoms with E-state index >= 15 is 0 Å². The van der Waals surface area contributed by atoms with Gasteiger partial charge in [-0.2, -0.15) is 0 Å². The molecule has 0 spiro atoms. The molecule has 0 aliphatic carbocycles. The van der Waals surface area contributed by atoms with E-state index in [1.54, 1.807) is 18.2 Å². The molecule has 3 N–H and O–H groups in total. The van der Waals surface area contributed by atoms with Gasteiger partial charge < -0.3 is 20.3 Å². The Balaban J connectivity index is 0.000000612. The number of carbonyl (C=O) groups is 1. The Hall–Kier alpha value is -1.59. The number of ether oxygens (including phenoxy) is 1. The number of aliphatic hydroxyl groups is 2. The average Bonchev–Trinajstić information content (AvgIpc) is 2.85. The van der Waals surface area contributed by atoms with Crippen molar-refractivity contribution in [2.45, 2.75) is 25.7 Å². The van der Waals surface area contributed by atoms with E-state index in [0.29, 0.717) is 12.1 Å². The lowest BCUT2D eigenvalue weighted by molar-refractivity contribution is 0.0601. The minimum atomic E-state index is -0.663. The molecule has 0 bridgehead atoms. The number of nitrogens with one attached hydrogen (secondary N) is 1. The number of esters is 1. The third kappa shape index (κ3) is 3.11. The third-order valence-electron chi connectivity index (χ3n) is 3.23. The third-order valence-corrected chi connectivity index (χ3v) is 3.23. The molecule has 0 amide bonds. The zero-order valence-electron chi connectivity index (χ0n) is 12.3. The standard InChI is InChI=1S/C12H15NO4.C3H8/c1-17-11(16)8-2-3-9-10(4-8)13-5-12(9,6-14)7-15;1-3-2/h2-4,13-15H,5-7H2,1H3;3H2,1-2H3. The van der Waals surface area contributed by atoms with E-state index in [2.05, 4.69) is 23.9 Å². The first-order valence-electron chi connectivity index (χ1n) is 6.77. The molecule has 2 rings (SSSR count). The molecule has 1 aromatic rings. The average molecular weight is 281 g/mol. The highest BCUT2D eigenvalue weighted by molar-refractivity contribution is 5.91. The summed E-state index contributed by atoms with van der Waals surface area (Å²) in [7, 11) is 1.33. The van der Waals surface area contributed by atoms with Crippen LogP contribution in [0.25, 0.3) is 0 Å². The summed E-state index contributed by atoms with van der Waals surface area (Å²) >= 11 is 0. The maximum Gasteiger partial charge on any atom is 0.337 e. The van der Waals surface area contributed by atoms with Crippen LogP contribution in [0.5, 0.6) is 0 Å². The number of methoxy groups -OCH3 is 1. The molecule has 1 heterocycles. The minimum absolute atomic E-state index is 0.138. The lowest BCUT2D eigenvalue weighted by Gasteiger charge is -2.23. The lowest BCUT2D eigenvalue weighted by Crippen LogP contribution is -2.36. The van der Waals surface area contributed by atoms with Gasteiger partial charge in [-0.05, 0) is 17.7 Å². The molecular weight excluding hydrogens is 258 g/mol. The Kier molecular flexibility index (Phi) is 5.98. The van der Waals surface area contributed by atoms with Crippen LogP contribution in [-0.4, -0.2) is 43.1 Å². The van der Waals surface area contributed by atoms with Crippen LogP contribution in [0.1, 0.15) is 36.2 Å². The summed E-state index contributed by atoms with van der Waals surface area (Å²) in [5.41, 5.74) is 1.38. The van der Waals surface area contributed by atoms with Crippen molar-refractivity contribution >= 4 is 11.7 Å². The topological polar surface area (TPSA) is 78.8 Å². The molecule has 0 saturated carbocycles. The maximum absolute atomic E-state index is 11.4. The molecule has 0 fully saturated rings. The summed E-state index contributed by atoms with van der Waals surface area (Å²) in [5.74, 6) is -0.403. The van der Waals surface area contributed by atoms with Crippen molar-refractivity contribution in [1.82, 2.24) is 0 Å². The van der Waals surface area contributed by atoms with Crippen LogP contribution in [0.2, 0.25) is 0 Å². The second kappa shape index (κ2) is 7.26. The van der Waals surface area contributed by atoms with Crippen LogP contribution >= 0.6 is 0 Å². The largest absolute Gasteiger partial charge is 0.465 e. The van der Waals surface area contributed by atoms with Gasteiger partial charge in [-0.1, -0.05) is 26.3 Å². The van der Waals surface area contributed by atoms with E-state index in [0.717, 1.165) is 11.3 Å². The number of aliphatic hydroxyl groups excluding tert-OH is 2. The molecule has 5 nitrogen and oxygen atoms in total. The number of fused-ring (bicyclic) bond motifs is 1. The van der Waals surface area contributed by atoms with Crippen molar-refractivity contribution in [2.24, 2.45) is 0 Å². The fourth-order valence-corrected chi connectivity index (χ4v) is 2.09. The van der Waals surface area contributed by atoms with Crippen LogP contribution in [0, 0.1) is 0 Å². The van der Waals surface area contributed by atoms with Gasteiger partial charge in [0, 0.05) is 12.2 Å². The number of carbonyl (C=O) groups excluding carboxylic acids is 1. The zero-order chi connectivity index (χ0) is 15.2. The van der Waals surface area contributed by atoms with E-state index < -0.39 is 11.4 Å². The van der Waals surface area contributed by atoms with Crippen molar-refractivity contribution in [3.8, 4) is 0 Å². The second-order valence-electron chi connectivity index (χ2n) is 4.91. The van der Waals surface area contributed by atoms with E-state index in [1.165, 1.54) is 13.5 Å². The molecule has 20 heavy (non-hydrogen) atoms. The van der Waals surface area contributed by atoms with E-state index in [1.807, 2.05) is 0 Å². The fraction of sp³-hybridized carbons (Fsp3) is 0.533. The first-order chi connectivity index (χ1) is 9.58. The summed E-state index contributed by atoms with van der Waals surface area (Å²) < 4.78 is 4.64. The SMILES string of the molecule is CCC.COC(=O)c1ccc2c(c1)NCC2(CO)CO. The van der Waals surface area contributed by atoms with Gasteiger partial charge in [0.25, 0.3) is 0 Å². The first-order valence-corrected chi connectivity index (χ1v) is 6.77.